The maximum Gasteiger partial charge on any atom is 0.125 e. The monoisotopic (exact) mass is 266 g/mol. The molecule has 0 saturated heterocycles. The zero-order valence-electron chi connectivity index (χ0n) is 12.6. The first-order valence-electron chi connectivity index (χ1n) is 7.28. The zero-order valence-corrected chi connectivity index (χ0v) is 12.6. The van der Waals surface area contributed by atoms with Crippen molar-refractivity contribution in [3.05, 3.63) is 30.1 Å². The lowest BCUT2D eigenvalue weighted by Gasteiger charge is -2.30. The van der Waals surface area contributed by atoms with Crippen LogP contribution in [0.4, 0.5) is 10.1 Å². The average Bonchev–Trinajstić information content (AvgIpc) is 2.42. The molecule has 0 amide bonds. The van der Waals surface area contributed by atoms with Crippen LogP contribution < -0.4 is 10.2 Å². The topological polar surface area (TPSA) is 15.3 Å². The smallest absolute Gasteiger partial charge is 0.125 e. The van der Waals surface area contributed by atoms with Crippen LogP contribution in [0.25, 0.3) is 0 Å². The molecule has 2 atom stereocenters. The lowest BCUT2D eigenvalue weighted by Crippen LogP contribution is -2.44. The molecule has 2 unspecified atom stereocenters. The van der Waals surface area contributed by atoms with Crippen LogP contribution in [0.5, 0.6) is 0 Å². The van der Waals surface area contributed by atoms with Gasteiger partial charge in [0.1, 0.15) is 5.82 Å². The molecule has 2 nitrogen and oxygen atoms in total. The fourth-order valence-electron chi connectivity index (χ4n) is 2.17. The fourth-order valence-corrected chi connectivity index (χ4v) is 2.17. The summed E-state index contributed by atoms with van der Waals surface area (Å²) >= 11 is 0. The Kier molecular flexibility index (Phi) is 6.85. The molecule has 0 saturated carbocycles. The van der Waals surface area contributed by atoms with E-state index in [1.807, 2.05) is 13.1 Å². The summed E-state index contributed by atoms with van der Waals surface area (Å²) in [6.07, 6.45) is 2.29. The van der Waals surface area contributed by atoms with Gasteiger partial charge in [-0.2, -0.15) is 0 Å². The van der Waals surface area contributed by atoms with E-state index in [1.54, 1.807) is 12.1 Å². The van der Waals surface area contributed by atoms with E-state index in [1.165, 1.54) is 6.07 Å². The maximum absolute atomic E-state index is 13.3. The van der Waals surface area contributed by atoms with Crippen molar-refractivity contribution in [2.45, 2.75) is 39.7 Å². The van der Waals surface area contributed by atoms with Crippen LogP contribution in [0.2, 0.25) is 0 Å². The van der Waals surface area contributed by atoms with Crippen molar-refractivity contribution in [3.8, 4) is 0 Å². The number of benzene rings is 1. The molecule has 1 aromatic carbocycles. The highest BCUT2D eigenvalue weighted by molar-refractivity contribution is 5.45. The first-order valence-corrected chi connectivity index (χ1v) is 7.28. The molecule has 0 fully saturated rings. The maximum atomic E-state index is 13.3. The van der Waals surface area contributed by atoms with E-state index in [2.05, 4.69) is 31.0 Å². The lowest BCUT2D eigenvalue weighted by atomic mass is 9.98. The first kappa shape index (κ1) is 16.0. The fraction of sp³-hybridized carbons (Fsp3) is 0.625. The van der Waals surface area contributed by atoms with Crippen molar-refractivity contribution in [2.24, 2.45) is 5.92 Å². The molecule has 0 heterocycles. The molecule has 0 spiro atoms. The number of rotatable bonds is 8. The van der Waals surface area contributed by atoms with Crippen molar-refractivity contribution in [3.63, 3.8) is 0 Å². The van der Waals surface area contributed by atoms with Gasteiger partial charge in [-0.3, -0.25) is 0 Å². The van der Waals surface area contributed by atoms with Gasteiger partial charge in [-0.1, -0.05) is 33.3 Å². The van der Waals surface area contributed by atoms with E-state index in [0.29, 0.717) is 12.0 Å². The van der Waals surface area contributed by atoms with Crippen molar-refractivity contribution >= 4 is 5.69 Å². The normalized spacial score (nSPS) is 14.2. The minimum atomic E-state index is -0.175. The van der Waals surface area contributed by atoms with Crippen LogP contribution >= 0.6 is 0 Å². The molecule has 1 aromatic rings. The Morgan fingerprint density at radius 1 is 1.32 bits per heavy atom. The van der Waals surface area contributed by atoms with E-state index in [-0.39, 0.29) is 5.82 Å². The van der Waals surface area contributed by atoms with Gasteiger partial charge in [0.15, 0.2) is 0 Å². The molecule has 0 bridgehead atoms. The third-order valence-corrected chi connectivity index (χ3v) is 3.71. The van der Waals surface area contributed by atoms with E-state index < -0.39 is 0 Å². The zero-order chi connectivity index (χ0) is 14.3. The van der Waals surface area contributed by atoms with Crippen molar-refractivity contribution in [1.82, 2.24) is 5.32 Å². The Balaban J connectivity index is 2.66. The van der Waals surface area contributed by atoms with E-state index >= 15 is 0 Å². The summed E-state index contributed by atoms with van der Waals surface area (Å²) in [7, 11) is 2.03. The predicted octanol–water partition coefficient (Wildman–Crippen LogP) is 3.68. The van der Waals surface area contributed by atoms with Gasteiger partial charge in [-0.25, -0.2) is 4.39 Å². The van der Waals surface area contributed by atoms with Crippen LogP contribution in [-0.4, -0.2) is 26.2 Å². The summed E-state index contributed by atoms with van der Waals surface area (Å²) in [6.45, 7) is 8.60. The molecule has 1 rings (SSSR count). The second-order valence-electron chi connectivity index (χ2n) is 5.31. The second-order valence-corrected chi connectivity index (χ2v) is 5.31. The summed E-state index contributed by atoms with van der Waals surface area (Å²) in [5.74, 6) is 0.438. The van der Waals surface area contributed by atoms with Gasteiger partial charge in [-0.05, 0) is 37.1 Å². The summed E-state index contributed by atoms with van der Waals surface area (Å²) in [6, 6.07) is 7.24. The number of nitrogens with zero attached hydrogens (tertiary/aromatic N) is 1. The van der Waals surface area contributed by atoms with Crippen molar-refractivity contribution in [1.29, 1.82) is 0 Å². The number of nitrogens with one attached hydrogen (secondary N) is 1. The van der Waals surface area contributed by atoms with E-state index in [4.69, 9.17) is 0 Å². The number of hydrogen-bond donors (Lipinski definition) is 1. The van der Waals surface area contributed by atoms with Crippen LogP contribution in [0.15, 0.2) is 24.3 Å². The van der Waals surface area contributed by atoms with E-state index in [9.17, 15) is 4.39 Å². The Morgan fingerprint density at radius 3 is 2.63 bits per heavy atom. The number of hydrogen-bond acceptors (Lipinski definition) is 2. The Bertz CT molecular complexity index is 368. The molecule has 19 heavy (non-hydrogen) atoms. The van der Waals surface area contributed by atoms with E-state index in [0.717, 1.165) is 31.6 Å². The molecule has 108 valence electrons. The largest absolute Gasteiger partial charge is 0.373 e. The van der Waals surface area contributed by atoms with Gasteiger partial charge in [0, 0.05) is 25.3 Å². The predicted molar refractivity (Wildman–Crippen MR) is 81.2 cm³/mol. The highest BCUT2D eigenvalue weighted by atomic mass is 19.1. The van der Waals surface area contributed by atoms with Crippen molar-refractivity contribution < 1.29 is 4.39 Å². The summed E-state index contributed by atoms with van der Waals surface area (Å²) < 4.78 is 13.3. The molecule has 0 aliphatic rings. The van der Waals surface area contributed by atoms with Crippen LogP contribution in [0, 0.1) is 11.7 Å². The van der Waals surface area contributed by atoms with Gasteiger partial charge >= 0.3 is 0 Å². The number of likely N-dealkylation sites (N-methyl/N-ethyl adjacent to an activating group) is 1. The molecule has 0 aliphatic carbocycles. The van der Waals surface area contributed by atoms with Gasteiger partial charge in [-0.15, -0.1) is 0 Å². The minimum absolute atomic E-state index is 0.175. The van der Waals surface area contributed by atoms with Gasteiger partial charge in [0.25, 0.3) is 0 Å². The SMILES string of the molecule is CCCNC(CN(C)c1cccc(F)c1)C(C)CC. The summed E-state index contributed by atoms with van der Waals surface area (Å²) in [5.41, 5.74) is 0.937. The summed E-state index contributed by atoms with van der Waals surface area (Å²) in [5, 5.41) is 3.60. The molecular formula is C16H27FN2. The highest BCUT2D eigenvalue weighted by Gasteiger charge is 2.17. The summed E-state index contributed by atoms with van der Waals surface area (Å²) in [4.78, 5) is 2.13. The standard InChI is InChI=1S/C16H27FN2/c1-5-10-18-16(13(3)6-2)12-19(4)15-9-7-8-14(17)11-15/h7-9,11,13,16,18H,5-6,10,12H2,1-4H3. The average molecular weight is 266 g/mol. The molecule has 3 heteroatoms. The molecular weight excluding hydrogens is 239 g/mol. The van der Waals surface area contributed by atoms with Gasteiger partial charge in [0.2, 0.25) is 0 Å². The number of anilines is 1. The third-order valence-electron chi connectivity index (χ3n) is 3.71. The molecule has 0 radical (unpaired) electrons. The second kappa shape index (κ2) is 8.16. The van der Waals surface area contributed by atoms with Gasteiger partial charge < -0.3 is 10.2 Å². The molecule has 0 aromatic heterocycles. The Morgan fingerprint density at radius 2 is 2.05 bits per heavy atom. The van der Waals surface area contributed by atoms with Crippen LogP contribution in [0.1, 0.15) is 33.6 Å². The van der Waals surface area contributed by atoms with Crippen LogP contribution in [0.3, 0.4) is 0 Å². The lowest BCUT2D eigenvalue weighted by molar-refractivity contribution is 0.370. The molecule has 0 aliphatic heterocycles. The first-order chi connectivity index (χ1) is 9.08. The quantitative estimate of drug-likeness (QED) is 0.772. The van der Waals surface area contributed by atoms with Crippen molar-refractivity contribution in [2.75, 3.05) is 25.0 Å². The highest BCUT2D eigenvalue weighted by Crippen LogP contribution is 2.16. The Labute approximate surface area is 117 Å². The Hall–Kier alpha value is -1.09. The molecule has 1 N–H and O–H groups in total. The third kappa shape index (κ3) is 5.19. The van der Waals surface area contributed by atoms with Crippen LogP contribution in [-0.2, 0) is 0 Å². The minimum Gasteiger partial charge on any atom is -0.373 e. The number of halogens is 1. The van der Waals surface area contributed by atoms with Gasteiger partial charge in [0.05, 0.1) is 0 Å².